The Kier molecular flexibility index (Phi) is 3.38. The van der Waals surface area contributed by atoms with Gasteiger partial charge in [-0.25, -0.2) is 22.3 Å². The highest BCUT2D eigenvalue weighted by molar-refractivity contribution is 7.89. The number of hydrogen-bond acceptors (Lipinski definition) is 5. The number of nitro groups is 1. The van der Waals surface area contributed by atoms with E-state index in [9.17, 15) is 27.3 Å². The van der Waals surface area contributed by atoms with Crippen molar-refractivity contribution in [1.82, 2.24) is 4.98 Å². The lowest BCUT2D eigenvalue weighted by Crippen LogP contribution is -2.18. The highest BCUT2D eigenvalue weighted by atomic mass is 32.2. The predicted octanol–water partition coefficient (Wildman–Crippen LogP) is 0.883. The molecule has 0 saturated heterocycles. The summed E-state index contributed by atoms with van der Waals surface area (Å²) in [5.74, 6) is -1.20. The van der Waals surface area contributed by atoms with Crippen LogP contribution in [0, 0.1) is 17.0 Å². The number of nitrogens with two attached hydrogens (primary N) is 1. The Morgan fingerprint density at radius 1 is 1.53 bits per heavy atom. The molecule has 1 aromatic rings. The molecule has 0 aromatic carbocycles. The van der Waals surface area contributed by atoms with Gasteiger partial charge < -0.3 is 10.1 Å². The number of aryl methyl sites for hydroxylation is 1. The molecule has 0 unspecified atom stereocenters. The van der Waals surface area contributed by atoms with Gasteiger partial charge in [-0.1, -0.05) is 0 Å². The smallest absolute Gasteiger partial charge is 0.358 e. The monoisotopic (exact) mass is 267 g/mol. The Bertz CT molecular complexity index is 573. The number of primary sulfonamides is 1. The van der Waals surface area contributed by atoms with E-state index in [-0.39, 0.29) is 5.56 Å². The van der Waals surface area contributed by atoms with Gasteiger partial charge in [-0.3, -0.25) is 0 Å². The molecule has 0 aliphatic carbocycles. The zero-order valence-electron chi connectivity index (χ0n) is 8.42. The highest BCUT2D eigenvalue weighted by Gasteiger charge is 2.33. The van der Waals surface area contributed by atoms with Gasteiger partial charge in [0.2, 0.25) is 10.0 Å². The van der Waals surface area contributed by atoms with E-state index in [0.717, 1.165) is 13.1 Å². The molecule has 0 bridgehead atoms. The summed E-state index contributed by atoms with van der Waals surface area (Å²) in [6.45, 7) is 1.16. The second-order valence-corrected chi connectivity index (χ2v) is 4.61. The van der Waals surface area contributed by atoms with Gasteiger partial charge >= 0.3 is 5.82 Å². The molecule has 0 aliphatic rings. The van der Waals surface area contributed by atoms with Crippen molar-refractivity contribution in [3.8, 4) is 0 Å². The molecule has 0 aliphatic heterocycles. The van der Waals surface area contributed by atoms with Crippen molar-refractivity contribution in [3.05, 3.63) is 27.4 Å². The first kappa shape index (κ1) is 13.4. The highest BCUT2D eigenvalue weighted by Crippen LogP contribution is 2.33. The summed E-state index contributed by atoms with van der Waals surface area (Å²) >= 11 is 0. The first-order chi connectivity index (χ1) is 7.66. The van der Waals surface area contributed by atoms with Crippen LogP contribution >= 0.6 is 0 Å². The van der Waals surface area contributed by atoms with Crippen molar-refractivity contribution in [2.75, 3.05) is 0 Å². The van der Waals surface area contributed by atoms with Gasteiger partial charge in [-0.05, 0) is 16.8 Å². The van der Waals surface area contributed by atoms with Crippen LogP contribution in [0.3, 0.4) is 0 Å². The summed E-state index contributed by atoms with van der Waals surface area (Å²) in [6.07, 6.45) is -2.40. The summed E-state index contributed by atoms with van der Waals surface area (Å²) in [5.41, 5.74) is -1.18. The van der Waals surface area contributed by atoms with Crippen LogP contribution in [0.25, 0.3) is 0 Å². The van der Waals surface area contributed by atoms with Gasteiger partial charge in [0.25, 0.3) is 6.43 Å². The fourth-order valence-electron chi connectivity index (χ4n) is 1.27. The molecule has 7 nitrogen and oxygen atoms in total. The summed E-state index contributed by atoms with van der Waals surface area (Å²) in [4.78, 5) is 11.3. The fraction of sp³-hybridized carbons (Fsp3) is 0.286. The maximum Gasteiger partial charge on any atom is 0.384 e. The maximum absolute atomic E-state index is 12.7. The molecular weight excluding hydrogens is 260 g/mol. The number of nitrogens with zero attached hydrogens (tertiary/aromatic N) is 2. The van der Waals surface area contributed by atoms with E-state index in [1.165, 1.54) is 0 Å². The molecule has 0 atom stereocenters. The van der Waals surface area contributed by atoms with E-state index in [1.807, 2.05) is 0 Å². The zero-order valence-corrected chi connectivity index (χ0v) is 9.24. The van der Waals surface area contributed by atoms with E-state index >= 15 is 0 Å². The quantitative estimate of drug-likeness (QED) is 0.644. The molecule has 0 amide bonds. The zero-order chi connectivity index (χ0) is 13.4. The lowest BCUT2D eigenvalue weighted by Gasteiger charge is -2.08. The summed E-state index contributed by atoms with van der Waals surface area (Å²) in [6, 6.07) is 0. The van der Waals surface area contributed by atoms with Crippen molar-refractivity contribution in [1.29, 1.82) is 0 Å². The van der Waals surface area contributed by atoms with Crippen molar-refractivity contribution < 1.29 is 22.1 Å². The van der Waals surface area contributed by atoms with Gasteiger partial charge in [0.15, 0.2) is 4.90 Å². The van der Waals surface area contributed by atoms with Crippen LogP contribution in [0.15, 0.2) is 11.1 Å². The lowest BCUT2D eigenvalue weighted by atomic mass is 10.1. The summed E-state index contributed by atoms with van der Waals surface area (Å²) < 4.78 is 47.7. The molecule has 2 N–H and O–H groups in total. The minimum absolute atomic E-state index is 0.186. The van der Waals surface area contributed by atoms with Crippen molar-refractivity contribution in [2.45, 2.75) is 18.2 Å². The number of alkyl halides is 2. The largest absolute Gasteiger partial charge is 0.384 e. The standard InChI is InChI=1S/C7H7F2N3O4S/c1-3-2-11-7(12(13)14)5(17(10,15)16)4(3)6(8)9/h2,6H,1H3,(H2,10,15,16). The second-order valence-electron chi connectivity index (χ2n) is 3.11. The molecule has 1 heterocycles. The van der Waals surface area contributed by atoms with Gasteiger partial charge in [-0.2, -0.15) is 0 Å². The number of aromatic nitrogens is 1. The molecule has 1 rings (SSSR count). The molecule has 1 aromatic heterocycles. The second kappa shape index (κ2) is 4.30. The topological polar surface area (TPSA) is 116 Å². The third kappa shape index (κ3) is 2.53. The molecule has 94 valence electrons. The van der Waals surface area contributed by atoms with E-state index in [2.05, 4.69) is 4.98 Å². The Labute approximate surface area is 94.5 Å². The van der Waals surface area contributed by atoms with Crippen LogP contribution in [0.2, 0.25) is 0 Å². The van der Waals surface area contributed by atoms with E-state index in [0.29, 0.717) is 0 Å². The fourth-order valence-corrected chi connectivity index (χ4v) is 2.21. The van der Waals surface area contributed by atoms with Gasteiger partial charge in [0.1, 0.15) is 6.20 Å². The van der Waals surface area contributed by atoms with Crippen LogP contribution in [0.4, 0.5) is 14.6 Å². The Hall–Kier alpha value is -1.68. The van der Waals surface area contributed by atoms with Gasteiger partial charge in [0.05, 0.1) is 5.56 Å². The van der Waals surface area contributed by atoms with E-state index < -0.39 is 37.6 Å². The molecule has 17 heavy (non-hydrogen) atoms. The Morgan fingerprint density at radius 3 is 2.41 bits per heavy atom. The number of hydrogen-bond donors (Lipinski definition) is 1. The number of rotatable bonds is 3. The molecular formula is C7H7F2N3O4S. The van der Waals surface area contributed by atoms with Crippen molar-refractivity contribution in [3.63, 3.8) is 0 Å². The number of sulfonamides is 1. The van der Waals surface area contributed by atoms with Crippen LogP contribution in [-0.4, -0.2) is 18.3 Å². The Morgan fingerprint density at radius 2 is 2.06 bits per heavy atom. The maximum atomic E-state index is 12.7. The van der Waals surface area contributed by atoms with E-state index in [1.54, 1.807) is 0 Å². The number of halogens is 2. The average Bonchev–Trinajstić information content (AvgIpc) is 2.14. The predicted molar refractivity (Wildman–Crippen MR) is 52.0 cm³/mol. The first-order valence-electron chi connectivity index (χ1n) is 4.11. The minimum atomic E-state index is -4.66. The Balaban J connectivity index is 3.82. The van der Waals surface area contributed by atoms with E-state index in [4.69, 9.17) is 5.14 Å². The van der Waals surface area contributed by atoms with Crippen LogP contribution < -0.4 is 5.14 Å². The average molecular weight is 267 g/mol. The van der Waals surface area contributed by atoms with Crippen molar-refractivity contribution >= 4 is 15.8 Å². The van der Waals surface area contributed by atoms with Gasteiger partial charge in [-0.15, -0.1) is 0 Å². The molecule has 0 saturated carbocycles. The molecule has 0 fully saturated rings. The molecule has 0 radical (unpaired) electrons. The third-order valence-electron chi connectivity index (χ3n) is 1.93. The SMILES string of the molecule is Cc1cnc([N+](=O)[O-])c(S(N)(=O)=O)c1C(F)F. The van der Waals surface area contributed by atoms with Crippen molar-refractivity contribution in [2.24, 2.45) is 5.14 Å². The van der Waals surface area contributed by atoms with Gasteiger partial charge in [0, 0.05) is 5.56 Å². The summed E-state index contributed by atoms with van der Waals surface area (Å²) in [7, 11) is -4.66. The summed E-state index contributed by atoms with van der Waals surface area (Å²) in [5, 5.41) is 15.2. The van der Waals surface area contributed by atoms with Crippen LogP contribution in [0.5, 0.6) is 0 Å². The number of pyridine rings is 1. The molecule has 0 spiro atoms. The first-order valence-corrected chi connectivity index (χ1v) is 5.65. The molecule has 10 heteroatoms. The third-order valence-corrected chi connectivity index (χ3v) is 2.90. The van der Waals surface area contributed by atoms with Crippen LogP contribution in [-0.2, 0) is 10.0 Å². The lowest BCUT2D eigenvalue weighted by molar-refractivity contribution is -0.392. The minimum Gasteiger partial charge on any atom is -0.358 e. The normalized spacial score (nSPS) is 11.8. The van der Waals surface area contributed by atoms with Crippen LogP contribution in [0.1, 0.15) is 17.6 Å².